The van der Waals surface area contributed by atoms with Crippen molar-refractivity contribution in [3.05, 3.63) is 70.1 Å². The molecular formula is C38H48N5O16PS. The third-order valence-electron chi connectivity index (χ3n) is 9.17. The summed E-state index contributed by atoms with van der Waals surface area (Å²) in [7, 11) is -4.93. The Morgan fingerprint density at radius 2 is 1.38 bits per heavy atom. The zero-order chi connectivity index (χ0) is 45.4. The van der Waals surface area contributed by atoms with Crippen LogP contribution in [0.1, 0.15) is 57.1 Å². The van der Waals surface area contributed by atoms with E-state index < -0.39 is 117 Å². The van der Waals surface area contributed by atoms with E-state index in [2.05, 4.69) is 43.7 Å². The Morgan fingerprint density at radius 3 is 1.92 bits per heavy atom. The van der Waals surface area contributed by atoms with Gasteiger partial charge in [-0.1, -0.05) is 32.4 Å². The Balaban J connectivity index is 1.95. The Morgan fingerprint density at radius 1 is 0.803 bits per heavy atom. The van der Waals surface area contributed by atoms with Gasteiger partial charge in [0.2, 0.25) is 29.5 Å². The number of carboxylic acids is 2. The van der Waals surface area contributed by atoms with E-state index in [1.54, 1.807) is 13.8 Å². The van der Waals surface area contributed by atoms with E-state index in [-0.39, 0.29) is 41.0 Å². The highest BCUT2D eigenvalue weighted by molar-refractivity contribution is 7.80. The summed E-state index contributed by atoms with van der Waals surface area (Å²) in [5.41, 5.74) is -0.424. The first-order valence-electron chi connectivity index (χ1n) is 18.8. The van der Waals surface area contributed by atoms with E-state index in [1.165, 1.54) is 36.4 Å². The first kappa shape index (κ1) is 49.4. The zero-order valence-corrected chi connectivity index (χ0v) is 34.8. The van der Waals surface area contributed by atoms with Gasteiger partial charge in [0.25, 0.3) is 0 Å². The molecule has 0 aliphatic carbocycles. The highest BCUT2D eigenvalue weighted by atomic mass is 32.1. The molecule has 1 unspecified atom stereocenters. The fourth-order valence-corrected chi connectivity index (χ4v) is 6.42. The first-order chi connectivity index (χ1) is 28.7. The quantitative estimate of drug-likeness (QED) is 0.0332. The van der Waals surface area contributed by atoms with Crippen molar-refractivity contribution >= 4 is 72.9 Å². The molecule has 3 rings (SSSR count). The third kappa shape index (κ3) is 16.5. The maximum Gasteiger partial charge on any atom is 0.524 e. The number of fused-ring (bicyclic) bond motifs is 1. The summed E-state index contributed by atoms with van der Waals surface area (Å²) in [5.74, 6) is -7.70. The SMILES string of the molecule is CCC(C)[C@H](NC(=O)[C@H](CCC(=O)O)NC(=O)[C@H](CCC(=O)O)NC(=O)[C@H](Cc1ccc(OP(=O)(O)O)cc1)NC(=O)Cc1cc(=O)oc2cc(O)ccc12)C(=O)NCCS. The van der Waals surface area contributed by atoms with Crippen LogP contribution in [0.15, 0.2) is 57.7 Å². The molecule has 21 nitrogen and oxygen atoms in total. The number of rotatable bonds is 24. The van der Waals surface area contributed by atoms with Crippen LogP contribution in [-0.4, -0.2) is 103 Å². The van der Waals surface area contributed by atoms with E-state index in [0.29, 0.717) is 17.7 Å². The van der Waals surface area contributed by atoms with Crippen LogP contribution in [0.5, 0.6) is 11.5 Å². The lowest BCUT2D eigenvalue weighted by molar-refractivity contribution is -0.140. The number of aromatic hydroxyl groups is 1. The molecule has 3 aromatic rings. The fourth-order valence-electron chi connectivity index (χ4n) is 5.91. The van der Waals surface area contributed by atoms with Gasteiger partial charge < -0.3 is 50.8 Å². The highest BCUT2D eigenvalue weighted by Gasteiger charge is 2.33. The lowest BCUT2D eigenvalue weighted by atomic mass is 9.97. The number of aliphatic carboxylic acids is 2. The van der Waals surface area contributed by atoms with Gasteiger partial charge in [-0.25, -0.2) is 9.36 Å². The number of nitrogens with one attached hydrogen (secondary N) is 5. The van der Waals surface area contributed by atoms with Crippen LogP contribution >= 0.6 is 20.5 Å². The first-order valence-corrected chi connectivity index (χ1v) is 21.0. The summed E-state index contributed by atoms with van der Waals surface area (Å²) in [6.45, 7) is 3.64. The molecular weight excluding hydrogens is 845 g/mol. The number of phenolic OH excluding ortho intramolecular Hbond substituents is 1. The minimum atomic E-state index is -4.93. The van der Waals surface area contributed by atoms with Crippen LogP contribution in [0.25, 0.3) is 11.0 Å². The molecule has 0 spiro atoms. The number of amides is 5. The number of hydrogen-bond donors (Lipinski definition) is 11. The molecule has 5 amide bonds. The molecule has 2 aromatic carbocycles. The Bertz CT molecular complexity index is 2180. The number of carbonyl (C=O) groups excluding carboxylic acids is 5. The lowest BCUT2D eigenvalue weighted by Gasteiger charge is -2.28. The summed E-state index contributed by atoms with van der Waals surface area (Å²) in [4.78, 5) is 122. The molecule has 10 N–H and O–H groups in total. The predicted octanol–water partition coefficient (Wildman–Crippen LogP) is 0.516. The van der Waals surface area contributed by atoms with Crippen molar-refractivity contribution in [2.75, 3.05) is 12.3 Å². The average molecular weight is 894 g/mol. The van der Waals surface area contributed by atoms with Gasteiger partial charge in [0.15, 0.2) is 0 Å². The monoisotopic (exact) mass is 893 g/mol. The number of phosphoric acid groups is 1. The van der Waals surface area contributed by atoms with Gasteiger partial charge in [-0.05, 0) is 54.2 Å². The van der Waals surface area contributed by atoms with Gasteiger partial charge in [-0.3, -0.25) is 43.3 Å². The second-order valence-electron chi connectivity index (χ2n) is 13.9. The van der Waals surface area contributed by atoms with E-state index in [4.69, 9.17) is 14.2 Å². The van der Waals surface area contributed by atoms with Crippen LogP contribution in [0.3, 0.4) is 0 Å². The summed E-state index contributed by atoms with van der Waals surface area (Å²) in [6.07, 6.45) is -2.69. The van der Waals surface area contributed by atoms with Crippen molar-refractivity contribution in [1.82, 2.24) is 26.6 Å². The van der Waals surface area contributed by atoms with Gasteiger partial charge in [0.1, 0.15) is 41.2 Å². The topological polar surface area (TPSA) is 337 Å². The number of carboxylic acid groups (broad SMARTS) is 2. The van der Waals surface area contributed by atoms with Crippen molar-refractivity contribution in [3.8, 4) is 11.5 Å². The third-order valence-corrected chi connectivity index (χ3v) is 9.84. The molecule has 0 saturated carbocycles. The Labute approximate surface area is 353 Å². The molecule has 332 valence electrons. The van der Waals surface area contributed by atoms with Gasteiger partial charge in [-0.2, -0.15) is 12.6 Å². The molecule has 0 aliphatic rings. The van der Waals surface area contributed by atoms with E-state index in [1.807, 2.05) is 0 Å². The lowest BCUT2D eigenvalue weighted by Crippen LogP contribution is -2.59. The van der Waals surface area contributed by atoms with Gasteiger partial charge >= 0.3 is 25.4 Å². The van der Waals surface area contributed by atoms with Gasteiger partial charge in [0, 0.05) is 49.1 Å². The molecule has 0 fully saturated rings. The minimum absolute atomic E-state index is 0.0306. The number of phosphoric ester groups is 1. The maximum absolute atomic E-state index is 14.0. The summed E-state index contributed by atoms with van der Waals surface area (Å²) < 4.78 is 21.0. The predicted molar refractivity (Wildman–Crippen MR) is 218 cm³/mol. The largest absolute Gasteiger partial charge is 0.524 e. The second kappa shape index (κ2) is 23.1. The Hall–Kier alpha value is -5.96. The molecule has 1 heterocycles. The second-order valence-corrected chi connectivity index (χ2v) is 15.5. The molecule has 0 bridgehead atoms. The smallest absolute Gasteiger partial charge is 0.508 e. The fraction of sp³-hybridized carbons (Fsp3) is 0.421. The van der Waals surface area contributed by atoms with E-state index in [0.717, 1.165) is 12.1 Å². The number of benzene rings is 2. The summed E-state index contributed by atoms with van der Waals surface area (Å²) in [5, 5.41) is 41.5. The van der Waals surface area contributed by atoms with Crippen LogP contribution in [0.2, 0.25) is 0 Å². The number of thiol groups is 1. The Kier molecular flexibility index (Phi) is 18.7. The van der Waals surface area contributed by atoms with E-state index in [9.17, 15) is 58.2 Å². The number of hydrogen-bond acceptors (Lipinski definition) is 13. The average Bonchev–Trinajstić information content (AvgIpc) is 3.17. The molecule has 23 heteroatoms. The van der Waals surface area contributed by atoms with Crippen molar-refractivity contribution in [1.29, 1.82) is 0 Å². The van der Waals surface area contributed by atoms with Crippen LogP contribution in [0.4, 0.5) is 0 Å². The normalized spacial score (nSPS) is 13.7. The maximum atomic E-state index is 14.0. The molecule has 1 aromatic heterocycles. The summed E-state index contributed by atoms with van der Waals surface area (Å²) in [6, 6.07) is 3.99. The van der Waals surface area contributed by atoms with Crippen molar-refractivity contribution in [2.24, 2.45) is 5.92 Å². The molecule has 0 aliphatic heterocycles. The van der Waals surface area contributed by atoms with Crippen LogP contribution in [0, 0.1) is 5.92 Å². The minimum Gasteiger partial charge on any atom is -0.508 e. The number of carbonyl (C=O) groups is 7. The van der Waals surface area contributed by atoms with Crippen molar-refractivity contribution < 1.29 is 72.2 Å². The molecule has 0 saturated heterocycles. The van der Waals surface area contributed by atoms with Crippen LogP contribution < -0.4 is 36.7 Å². The zero-order valence-electron chi connectivity index (χ0n) is 33.0. The highest BCUT2D eigenvalue weighted by Crippen LogP contribution is 2.37. The van der Waals surface area contributed by atoms with E-state index >= 15 is 0 Å². The summed E-state index contributed by atoms with van der Waals surface area (Å²) >= 11 is 4.06. The van der Waals surface area contributed by atoms with Crippen molar-refractivity contribution in [3.63, 3.8) is 0 Å². The molecule has 0 radical (unpaired) electrons. The van der Waals surface area contributed by atoms with Crippen molar-refractivity contribution in [2.45, 2.75) is 83.0 Å². The van der Waals surface area contributed by atoms with Gasteiger partial charge in [0.05, 0.1) is 6.42 Å². The standard InChI is InChI=1S/C38H48N5O16PS/c1-3-20(2)34(38(54)39-14-15-61)43-36(52)27(11-13-32(48)49)41-35(51)26(10-12-31(46)47)42-37(53)28(16-21-4-7-24(8-5-21)59-60(55,56)57)40-30(45)17-22-18-33(50)58-29-19-23(44)6-9-25(22)29/h4-9,18-20,26-28,34,44,61H,3,10-17H2,1-2H3,(H,39,54)(H,40,45)(H,41,51)(H,42,53)(H,43,52)(H,46,47)(H,48,49)(H2,55,56,57)/t20?,26-,27-,28-,34-/m0/s1. The van der Waals surface area contributed by atoms with Crippen LogP contribution in [-0.2, 0) is 51.0 Å². The number of phenols is 1. The molecule has 61 heavy (non-hydrogen) atoms. The van der Waals surface area contributed by atoms with Gasteiger partial charge in [-0.15, -0.1) is 0 Å². The molecule has 5 atom stereocenters.